The molecule has 6 nitrogen and oxygen atoms in total. The van der Waals surface area contributed by atoms with E-state index in [0.29, 0.717) is 31.4 Å². The number of halogens is 2. The van der Waals surface area contributed by atoms with Crippen LogP contribution in [0.5, 0.6) is 0 Å². The van der Waals surface area contributed by atoms with E-state index < -0.39 is 10.0 Å². The lowest BCUT2D eigenvalue weighted by atomic mass is 9.85. The van der Waals surface area contributed by atoms with Gasteiger partial charge in [-0.1, -0.05) is 23.7 Å². The van der Waals surface area contributed by atoms with E-state index in [0.717, 1.165) is 5.56 Å². The second-order valence-corrected chi connectivity index (χ2v) is 9.76. The van der Waals surface area contributed by atoms with Crippen LogP contribution in [0.1, 0.15) is 44.2 Å². The molecule has 0 aromatic heterocycles. The molecule has 1 saturated carbocycles. The Kier molecular flexibility index (Phi) is 7.00. The van der Waals surface area contributed by atoms with Gasteiger partial charge in [-0.15, -0.1) is 0 Å². The number of nitrogens with one attached hydrogen (secondary N) is 2. The zero-order valence-corrected chi connectivity index (χ0v) is 18.1. The fraction of sp³-hybridized carbons (Fsp3) is 0.381. The highest BCUT2D eigenvalue weighted by Crippen LogP contribution is 2.28. The number of nitrogens with two attached hydrogens (primary N) is 1. The Morgan fingerprint density at radius 2 is 1.77 bits per heavy atom. The third kappa shape index (κ3) is 5.50. The lowest BCUT2D eigenvalue weighted by molar-refractivity contribution is -0.126. The van der Waals surface area contributed by atoms with Gasteiger partial charge in [0, 0.05) is 12.0 Å². The molecular formula is C21H25ClFN3O3S. The van der Waals surface area contributed by atoms with Gasteiger partial charge in [0.2, 0.25) is 15.9 Å². The smallest absolute Gasteiger partial charge is 0.240 e. The van der Waals surface area contributed by atoms with Crippen molar-refractivity contribution < 1.29 is 17.6 Å². The third-order valence-electron chi connectivity index (χ3n) is 5.43. The Labute approximate surface area is 181 Å². The summed E-state index contributed by atoms with van der Waals surface area (Å²) in [5, 5.41) is 3.15. The van der Waals surface area contributed by atoms with Crippen LogP contribution in [0.4, 0.5) is 10.1 Å². The van der Waals surface area contributed by atoms with Crippen molar-refractivity contribution in [1.82, 2.24) is 10.0 Å². The second kappa shape index (κ2) is 9.32. The third-order valence-corrected chi connectivity index (χ3v) is 7.28. The highest BCUT2D eigenvalue weighted by Gasteiger charge is 2.30. The van der Waals surface area contributed by atoms with E-state index in [1.165, 1.54) is 30.3 Å². The van der Waals surface area contributed by atoms with Gasteiger partial charge in [0.15, 0.2) is 0 Å². The molecule has 0 saturated heterocycles. The summed E-state index contributed by atoms with van der Waals surface area (Å²) in [6.45, 7) is 1.85. The van der Waals surface area contributed by atoms with E-state index >= 15 is 0 Å². The van der Waals surface area contributed by atoms with E-state index in [1.54, 1.807) is 12.1 Å². The largest absolute Gasteiger partial charge is 0.398 e. The topological polar surface area (TPSA) is 101 Å². The first-order valence-corrected chi connectivity index (χ1v) is 11.6. The van der Waals surface area contributed by atoms with Crippen molar-refractivity contribution in [1.29, 1.82) is 0 Å². The van der Waals surface area contributed by atoms with Crippen molar-refractivity contribution in [3.05, 3.63) is 58.9 Å². The molecule has 0 aliphatic heterocycles. The maximum Gasteiger partial charge on any atom is 0.240 e. The van der Waals surface area contributed by atoms with Crippen LogP contribution in [0.25, 0.3) is 0 Å². The van der Waals surface area contributed by atoms with Gasteiger partial charge < -0.3 is 11.1 Å². The fourth-order valence-electron chi connectivity index (χ4n) is 3.60. The van der Waals surface area contributed by atoms with E-state index in [-0.39, 0.29) is 39.6 Å². The molecule has 0 bridgehead atoms. The molecule has 2 aromatic carbocycles. The van der Waals surface area contributed by atoms with Gasteiger partial charge in [0.25, 0.3) is 0 Å². The van der Waals surface area contributed by atoms with Crippen molar-refractivity contribution in [2.45, 2.75) is 49.6 Å². The minimum absolute atomic E-state index is 0.0645. The van der Waals surface area contributed by atoms with Crippen LogP contribution < -0.4 is 15.8 Å². The summed E-state index contributed by atoms with van der Waals surface area (Å²) in [6.07, 6.45) is 2.28. The number of anilines is 1. The second-order valence-electron chi connectivity index (χ2n) is 7.63. The Bertz CT molecular complexity index is 1010. The molecule has 0 heterocycles. The van der Waals surface area contributed by atoms with Crippen LogP contribution in [-0.4, -0.2) is 20.4 Å². The van der Waals surface area contributed by atoms with E-state index in [1.807, 2.05) is 6.92 Å². The summed E-state index contributed by atoms with van der Waals surface area (Å²) in [6, 6.07) is 9.75. The average molecular weight is 454 g/mol. The van der Waals surface area contributed by atoms with Gasteiger partial charge >= 0.3 is 0 Å². The quantitative estimate of drug-likeness (QED) is 0.579. The lowest BCUT2D eigenvalue weighted by Crippen LogP contribution is -2.41. The number of amides is 1. The molecule has 4 N–H and O–H groups in total. The minimum Gasteiger partial charge on any atom is -0.398 e. The highest BCUT2D eigenvalue weighted by molar-refractivity contribution is 7.89. The predicted octanol–water partition coefficient (Wildman–Crippen LogP) is 3.78. The summed E-state index contributed by atoms with van der Waals surface area (Å²) in [7, 11) is -3.72. The number of carbonyl (C=O) groups excluding carboxylic acids is 1. The molecule has 3 rings (SSSR count). The van der Waals surface area contributed by atoms with Crippen LogP contribution in [-0.2, 0) is 14.8 Å². The number of nitrogen functional groups attached to an aromatic ring is 1. The highest BCUT2D eigenvalue weighted by atomic mass is 35.5. The molecule has 1 amide bonds. The van der Waals surface area contributed by atoms with Crippen molar-refractivity contribution in [3.8, 4) is 0 Å². The molecule has 0 spiro atoms. The average Bonchev–Trinajstić information content (AvgIpc) is 2.70. The molecule has 162 valence electrons. The van der Waals surface area contributed by atoms with Crippen LogP contribution >= 0.6 is 11.6 Å². The summed E-state index contributed by atoms with van der Waals surface area (Å²) in [5.74, 6) is -0.572. The summed E-state index contributed by atoms with van der Waals surface area (Å²) in [5.41, 5.74) is 6.78. The molecule has 0 radical (unpaired) electrons. The molecule has 9 heteroatoms. The normalized spacial score (nSPS) is 20.5. The van der Waals surface area contributed by atoms with Gasteiger partial charge in [-0.3, -0.25) is 4.79 Å². The molecular weight excluding hydrogens is 429 g/mol. The predicted molar refractivity (Wildman–Crippen MR) is 115 cm³/mol. The maximum absolute atomic E-state index is 13.1. The molecule has 1 atom stereocenters. The van der Waals surface area contributed by atoms with Gasteiger partial charge in [0.05, 0.1) is 21.6 Å². The Hall–Kier alpha value is -2.16. The molecule has 30 heavy (non-hydrogen) atoms. The molecule has 1 fully saturated rings. The van der Waals surface area contributed by atoms with E-state index in [2.05, 4.69) is 10.0 Å². The number of hydrogen-bond acceptors (Lipinski definition) is 4. The van der Waals surface area contributed by atoms with Crippen molar-refractivity contribution >= 4 is 33.2 Å². The minimum atomic E-state index is -3.72. The zero-order chi connectivity index (χ0) is 21.9. The van der Waals surface area contributed by atoms with E-state index in [4.69, 9.17) is 17.3 Å². The standard InChI is InChI=1S/C21H25ClFN3O3S/c1-13(14-2-6-16(23)7-3-14)25-21(27)15-4-8-17(9-5-15)26-30(28,29)18-10-11-20(24)19(22)12-18/h2-3,6-7,10-13,15,17,26H,4-5,8-9,24H2,1H3,(H,25,27)/t13-,15-,17-/m1/s1. The number of hydrogen-bond donors (Lipinski definition) is 3. The first-order valence-electron chi connectivity index (χ1n) is 9.79. The Balaban J connectivity index is 1.53. The van der Waals surface area contributed by atoms with Crippen LogP contribution in [0.2, 0.25) is 5.02 Å². The van der Waals surface area contributed by atoms with Crippen LogP contribution in [0.3, 0.4) is 0 Å². The van der Waals surface area contributed by atoms with E-state index in [9.17, 15) is 17.6 Å². The monoisotopic (exact) mass is 453 g/mol. The number of rotatable bonds is 6. The Morgan fingerprint density at radius 3 is 2.37 bits per heavy atom. The molecule has 2 aromatic rings. The number of carbonyl (C=O) groups is 1. The zero-order valence-electron chi connectivity index (χ0n) is 16.6. The first kappa shape index (κ1) is 22.5. The lowest BCUT2D eigenvalue weighted by Gasteiger charge is -2.29. The first-order chi connectivity index (χ1) is 14.2. The van der Waals surface area contributed by atoms with Crippen molar-refractivity contribution in [2.75, 3.05) is 5.73 Å². The fourth-order valence-corrected chi connectivity index (χ4v) is 5.18. The summed E-state index contributed by atoms with van der Waals surface area (Å²) in [4.78, 5) is 12.6. The van der Waals surface area contributed by atoms with Gasteiger partial charge in [-0.25, -0.2) is 17.5 Å². The van der Waals surface area contributed by atoms with Crippen molar-refractivity contribution in [2.24, 2.45) is 5.92 Å². The van der Waals surface area contributed by atoms with Gasteiger partial charge in [0.1, 0.15) is 5.82 Å². The SMILES string of the molecule is C[C@@H](NC(=O)[C@H]1CC[C@H](NS(=O)(=O)c2ccc(N)c(Cl)c2)CC1)c1ccc(F)cc1. The van der Waals surface area contributed by atoms with Gasteiger partial charge in [-0.05, 0) is 68.5 Å². The molecule has 1 aliphatic rings. The molecule has 1 aliphatic carbocycles. The summed E-state index contributed by atoms with van der Waals surface area (Å²) >= 11 is 5.93. The number of benzene rings is 2. The van der Waals surface area contributed by atoms with Crippen LogP contribution in [0.15, 0.2) is 47.4 Å². The van der Waals surface area contributed by atoms with Crippen LogP contribution in [0, 0.1) is 11.7 Å². The number of sulfonamides is 1. The Morgan fingerprint density at radius 1 is 1.13 bits per heavy atom. The van der Waals surface area contributed by atoms with Gasteiger partial charge in [-0.2, -0.15) is 0 Å². The maximum atomic E-state index is 13.1. The van der Waals surface area contributed by atoms with Crippen molar-refractivity contribution in [3.63, 3.8) is 0 Å². The summed E-state index contributed by atoms with van der Waals surface area (Å²) < 4.78 is 40.9. The molecule has 0 unspecified atom stereocenters.